The van der Waals surface area contributed by atoms with Gasteiger partial charge in [-0.2, -0.15) is 0 Å². The number of piperazine rings is 1. The molecule has 1 heterocycles. The van der Waals surface area contributed by atoms with Gasteiger partial charge in [0.15, 0.2) is 0 Å². The van der Waals surface area contributed by atoms with Gasteiger partial charge in [0.25, 0.3) is 0 Å². The van der Waals surface area contributed by atoms with Crippen LogP contribution in [0.25, 0.3) is 5.76 Å². The van der Waals surface area contributed by atoms with Crippen LogP contribution in [0.5, 0.6) is 0 Å². The van der Waals surface area contributed by atoms with Crippen molar-refractivity contribution in [3.05, 3.63) is 34.8 Å². The molecule has 1 saturated heterocycles. The van der Waals surface area contributed by atoms with Crippen LogP contribution in [0.15, 0.2) is 29.3 Å². The topological polar surface area (TPSA) is 42.0 Å². The molecule has 0 saturated carbocycles. The lowest BCUT2D eigenvalue weighted by Gasteiger charge is -2.36. The first kappa shape index (κ1) is 18.6. The second-order valence-electron chi connectivity index (χ2n) is 6.75. The molecule has 1 aliphatic heterocycles. The molecule has 0 N–H and O–H groups in total. The largest absolute Gasteiger partial charge is 0.497 e. The second-order valence-corrected chi connectivity index (χ2v) is 7.60. The first-order valence-corrected chi connectivity index (χ1v) is 8.76. The fraction of sp³-hybridized carbons (Fsp3) is 0.500. The van der Waals surface area contributed by atoms with Gasteiger partial charge in [0.1, 0.15) is 11.4 Å². The summed E-state index contributed by atoms with van der Waals surface area (Å²) in [5, 5.41) is 0. The van der Waals surface area contributed by atoms with Crippen LogP contribution in [0, 0.1) is 0 Å². The van der Waals surface area contributed by atoms with E-state index in [1.54, 1.807) is 12.0 Å². The molecule has 0 aliphatic carbocycles. The Kier molecular flexibility index (Phi) is 5.80. The Morgan fingerprint density at radius 3 is 2.33 bits per heavy atom. The summed E-state index contributed by atoms with van der Waals surface area (Å²) >= 11 is 3.57. The van der Waals surface area contributed by atoms with Gasteiger partial charge in [-0.1, -0.05) is 6.58 Å². The molecule has 0 bridgehead atoms. The van der Waals surface area contributed by atoms with E-state index >= 15 is 0 Å². The SMILES string of the molecule is C=C(OC)c1ccc(N2CCN(C(=O)OC(C)(C)C)CC2)cc1Br. The summed E-state index contributed by atoms with van der Waals surface area (Å²) in [6, 6.07) is 6.10. The van der Waals surface area contributed by atoms with E-state index in [1.807, 2.05) is 32.9 Å². The molecular weight excluding hydrogens is 372 g/mol. The smallest absolute Gasteiger partial charge is 0.410 e. The van der Waals surface area contributed by atoms with Gasteiger partial charge in [-0.05, 0) is 54.9 Å². The van der Waals surface area contributed by atoms with E-state index in [4.69, 9.17) is 9.47 Å². The number of hydrogen-bond acceptors (Lipinski definition) is 4. The number of carbonyl (C=O) groups is 1. The highest BCUT2D eigenvalue weighted by Crippen LogP contribution is 2.29. The Labute approximate surface area is 152 Å². The number of carbonyl (C=O) groups excluding carboxylic acids is 1. The summed E-state index contributed by atoms with van der Waals surface area (Å²) in [6.45, 7) is 12.4. The van der Waals surface area contributed by atoms with Crippen LogP contribution in [0.2, 0.25) is 0 Å². The number of halogens is 1. The van der Waals surface area contributed by atoms with Gasteiger partial charge in [-0.25, -0.2) is 4.79 Å². The van der Waals surface area contributed by atoms with Gasteiger partial charge in [0.05, 0.1) is 7.11 Å². The fourth-order valence-corrected chi connectivity index (χ4v) is 3.10. The van der Waals surface area contributed by atoms with Crippen molar-refractivity contribution in [2.75, 3.05) is 38.2 Å². The van der Waals surface area contributed by atoms with Crippen molar-refractivity contribution in [2.45, 2.75) is 26.4 Å². The summed E-state index contributed by atoms with van der Waals surface area (Å²) in [5.41, 5.74) is 1.59. The number of methoxy groups -OCH3 is 1. The van der Waals surface area contributed by atoms with E-state index in [9.17, 15) is 4.79 Å². The van der Waals surface area contributed by atoms with Crippen molar-refractivity contribution in [3.8, 4) is 0 Å². The summed E-state index contributed by atoms with van der Waals surface area (Å²) in [4.78, 5) is 16.1. The van der Waals surface area contributed by atoms with Gasteiger partial charge < -0.3 is 19.3 Å². The lowest BCUT2D eigenvalue weighted by Crippen LogP contribution is -2.50. The van der Waals surface area contributed by atoms with E-state index in [-0.39, 0.29) is 6.09 Å². The van der Waals surface area contributed by atoms with Crippen molar-refractivity contribution >= 4 is 33.5 Å². The van der Waals surface area contributed by atoms with Crippen molar-refractivity contribution in [1.82, 2.24) is 4.90 Å². The Morgan fingerprint density at radius 2 is 1.83 bits per heavy atom. The maximum Gasteiger partial charge on any atom is 0.410 e. The quantitative estimate of drug-likeness (QED) is 0.720. The monoisotopic (exact) mass is 396 g/mol. The number of hydrogen-bond donors (Lipinski definition) is 0. The van der Waals surface area contributed by atoms with Crippen LogP contribution in [0.3, 0.4) is 0 Å². The van der Waals surface area contributed by atoms with E-state index < -0.39 is 5.60 Å². The summed E-state index contributed by atoms with van der Waals surface area (Å²) in [6.07, 6.45) is -0.241. The minimum absolute atomic E-state index is 0.241. The van der Waals surface area contributed by atoms with E-state index in [1.165, 1.54) is 0 Å². The van der Waals surface area contributed by atoms with Crippen molar-refractivity contribution in [1.29, 1.82) is 0 Å². The zero-order chi connectivity index (χ0) is 17.9. The molecule has 24 heavy (non-hydrogen) atoms. The zero-order valence-corrected chi connectivity index (χ0v) is 16.4. The van der Waals surface area contributed by atoms with Gasteiger partial charge in [-0.3, -0.25) is 0 Å². The Balaban J connectivity index is 1.98. The standard InChI is InChI=1S/C18H25BrN2O3/c1-13(23-5)15-7-6-14(12-16(15)19)20-8-10-21(11-9-20)17(22)24-18(2,3)4/h6-7,12H,1,8-11H2,2-5H3. The number of rotatable bonds is 3. The molecule has 0 spiro atoms. The average molecular weight is 397 g/mol. The normalized spacial score (nSPS) is 15.2. The lowest BCUT2D eigenvalue weighted by atomic mass is 10.1. The summed E-state index contributed by atoms with van der Waals surface area (Å²) < 4.78 is 11.6. The summed E-state index contributed by atoms with van der Waals surface area (Å²) in [5.74, 6) is 0.628. The Bertz CT molecular complexity index is 617. The maximum atomic E-state index is 12.1. The number of nitrogens with zero attached hydrogens (tertiary/aromatic N) is 2. The van der Waals surface area contributed by atoms with Gasteiger partial charge in [0.2, 0.25) is 0 Å². The van der Waals surface area contributed by atoms with Gasteiger partial charge >= 0.3 is 6.09 Å². The lowest BCUT2D eigenvalue weighted by molar-refractivity contribution is 0.0240. The van der Waals surface area contributed by atoms with Crippen molar-refractivity contribution < 1.29 is 14.3 Å². The van der Waals surface area contributed by atoms with E-state index in [2.05, 4.69) is 33.5 Å². The van der Waals surface area contributed by atoms with Crippen LogP contribution >= 0.6 is 15.9 Å². The summed E-state index contributed by atoms with van der Waals surface area (Å²) in [7, 11) is 1.61. The van der Waals surface area contributed by atoms with Crippen LogP contribution in [0.4, 0.5) is 10.5 Å². The molecule has 5 nitrogen and oxygen atoms in total. The zero-order valence-electron chi connectivity index (χ0n) is 14.8. The minimum atomic E-state index is -0.460. The molecule has 132 valence electrons. The van der Waals surface area contributed by atoms with E-state index in [0.717, 1.165) is 28.8 Å². The molecule has 1 aromatic carbocycles. The molecular formula is C18H25BrN2O3. The first-order valence-electron chi connectivity index (χ1n) is 7.97. The number of anilines is 1. The molecule has 2 rings (SSSR count). The predicted octanol–water partition coefficient (Wildman–Crippen LogP) is 4.12. The third-order valence-corrected chi connectivity index (χ3v) is 4.45. The Hall–Kier alpha value is -1.69. The minimum Gasteiger partial charge on any atom is -0.497 e. The maximum absolute atomic E-state index is 12.1. The number of benzene rings is 1. The van der Waals surface area contributed by atoms with Gasteiger partial charge in [-0.15, -0.1) is 0 Å². The third kappa shape index (κ3) is 4.66. The van der Waals surface area contributed by atoms with Crippen molar-refractivity contribution in [3.63, 3.8) is 0 Å². The molecule has 1 fully saturated rings. The molecule has 6 heteroatoms. The highest BCUT2D eigenvalue weighted by molar-refractivity contribution is 9.10. The number of amides is 1. The predicted molar refractivity (Wildman–Crippen MR) is 100 cm³/mol. The Morgan fingerprint density at radius 1 is 1.21 bits per heavy atom. The molecule has 1 amide bonds. The van der Waals surface area contributed by atoms with Gasteiger partial charge in [0, 0.05) is 41.9 Å². The first-order chi connectivity index (χ1) is 11.2. The second kappa shape index (κ2) is 7.47. The molecule has 0 atom stereocenters. The van der Waals surface area contributed by atoms with Crippen LogP contribution in [-0.4, -0.2) is 49.9 Å². The molecule has 0 unspecified atom stereocenters. The molecule has 0 aromatic heterocycles. The highest BCUT2D eigenvalue weighted by atomic mass is 79.9. The fourth-order valence-electron chi connectivity index (χ4n) is 2.51. The van der Waals surface area contributed by atoms with E-state index in [0.29, 0.717) is 18.8 Å². The molecule has 1 aliphatic rings. The van der Waals surface area contributed by atoms with Crippen LogP contribution < -0.4 is 4.90 Å². The molecule has 0 radical (unpaired) electrons. The highest BCUT2D eigenvalue weighted by Gasteiger charge is 2.26. The number of ether oxygens (including phenoxy) is 2. The average Bonchev–Trinajstić information content (AvgIpc) is 2.52. The van der Waals surface area contributed by atoms with Crippen molar-refractivity contribution in [2.24, 2.45) is 0 Å². The third-order valence-electron chi connectivity index (χ3n) is 3.80. The molecule has 1 aromatic rings. The van der Waals surface area contributed by atoms with Crippen LogP contribution in [-0.2, 0) is 9.47 Å². The van der Waals surface area contributed by atoms with Crippen LogP contribution in [0.1, 0.15) is 26.3 Å².